The predicted octanol–water partition coefficient (Wildman–Crippen LogP) is -0.235. The van der Waals surface area contributed by atoms with E-state index < -0.39 is 5.97 Å². The highest BCUT2D eigenvalue weighted by molar-refractivity contribution is 8.24. The van der Waals surface area contributed by atoms with Crippen LogP contribution >= 0.6 is 24.0 Å². The number of carbonyl (C=O) groups excluding carboxylic acids is 2. The number of carbonyl (C=O) groups is 2. The van der Waals surface area contributed by atoms with Crippen LogP contribution in [0.1, 0.15) is 19.8 Å². The molecule has 1 saturated heterocycles. The number of rotatable bonds is 4. The fraction of sp³-hybridized carbons (Fsp3) is 0.625. The minimum atomic E-state index is -1.09. The van der Waals surface area contributed by atoms with E-state index in [1.807, 2.05) is 0 Å². The molecule has 0 N–H and O–H groups in total. The third-order valence-corrected chi connectivity index (χ3v) is 3.36. The van der Waals surface area contributed by atoms with Gasteiger partial charge in [-0.1, -0.05) is 24.0 Å². The fourth-order valence-corrected chi connectivity index (χ4v) is 2.61. The summed E-state index contributed by atoms with van der Waals surface area (Å²) in [5.41, 5.74) is 0. The Morgan fingerprint density at radius 3 is 2.79 bits per heavy atom. The molecule has 0 bridgehead atoms. The van der Waals surface area contributed by atoms with Gasteiger partial charge in [0, 0.05) is 12.5 Å². The van der Waals surface area contributed by atoms with Crippen molar-refractivity contribution in [2.45, 2.75) is 25.0 Å². The van der Waals surface area contributed by atoms with E-state index in [0.29, 0.717) is 17.3 Å². The molecule has 14 heavy (non-hydrogen) atoms. The first-order valence-electron chi connectivity index (χ1n) is 4.24. The number of nitrogens with zero attached hydrogens (tertiary/aromatic N) is 1. The average molecular weight is 232 g/mol. The normalized spacial score (nSPS) is 21.8. The van der Waals surface area contributed by atoms with Gasteiger partial charge in [-0.05, 0) is 19.8 Å². The highest BCUT2D eigenvalue weighted by Crippen LogP contribution is 2.26. The van der Waals surface area contributed by atoms with Gasteiger partial charge in [-0.25, -0.2) is 0 Å². The van der Waals surface area contributed by atoms with Crippen molar-refractivity contribution in [2.24, 2.45) is 0 Å². The number of thiocarbonyl (C=S) groups is 1. The third kappa shape index (κ3) is 2.68. The predicted molar refractivity (Wildman–Crippen MR) is 55.6 cm³/mol. The van der Waals surface area contributed by atoms with Crippen molar-refractivity contribution in [1.29, 1.82) is 0 Å². The van der Waals surface area contributed by atoms with Crippen LogP contribution < -0.4 is 5.11 Å². The van der Waals surface area contributed by atoms with E-state index in [1.54, 1.807) is 6.92 Å². The summed E-state index contributed by atoms with van der Waals surface area (Å²) in [6, 6.07) is 0. The van der Waals surface area contributed by atoms with Crippen LogP contribution in [0.4, 0.5) is 0 Å². The number of hydrogen-bond donors (Lipinski definition) is 0. The summed E-state index contributed by atoms with van der Waals surface area (Å²) < 4.78 is 0.542. The number of carboxylic acid groups (broad SMARTS) is 1. The molecule has 0 radical (unpaired) electrons. The molecule has 0 aromatic rings. The maximum atomic E-state index is 11.4. The van der Waals surface area contributed by atoms with Gasteiger partial charge in [0.2, 0.25) is 5.91 Å². The Kier molecular flexibility index (Phi) is 3.88. The number of amides is 1. The van der Waals surface area contributed by atoms with Gasteiger partial charge in [-0.3, -0.25) is 9.69 Å². The van der Waals surface area contributed by atoms with E-state index in [-0.39, 0.29) is 17.6 Å². The van der Waals surface area contributed by atoms with Crippen LogP contribution in [0, 0.1) is 0 Å². The number of hydrogen-bond acceptors (Lipinski definition) is 5. The molecule has 0 aliphatic carbocycles. The van der Waals surface area contributed by atoms with Gasteiger partial charge in [-0.2, -0.15) is 0 Å². The van der Waals surface area contributed by atoms with Crippen molar-refractivity contribution in [2.75, 3.05) is 6.54 Å². The van der Waals surface area contributed by atoms with Gasteiger partial charge in [0.25, 0.3) is 0 Å². The summed E-state index contributed by atoms with van der Waals surface area (Å²) >= 11 is 6.32. The lowest BCUT2D eigenvalue weighted by atomic mass is 10.3. The molecule has 0 aromatic carbocycles. The smallest absolute Gasteiger partial charge is 0.241 e. The van der Waals surface area contributed by atoms with Gasteiger partial charge in [0.15, 0.2) is 0 Å². The molecule has 1 fully saturated rings. The average Bonchev–Trinajstić information content (AvgIpc) is 2.31. The molecule has 0 aromatic heterocycles. The maximum Gasteiger partial charge on any atom is 0.241 e. The standard InChI is InChI=1S/C8H11NO3S2/c1-5-7(12)9(8(13)14-5)4-2-3-6(10)11/h5H,2-4H2,1H3,(H,10,11)/p-1/t5-/m0/s1. The molecule has 1 heterocycles. The first-order chi connectivity index (χ1) is 6.52. The van der Waals surface area contributed by atoms with Crippen LogP contribution in [-0.4, -0.2) is 32.9 Å². The highest BCUT2D eigenvalue weighted by atomic mass is 32.2. The molecule has 1 amide bonds. The Morgan fingerprint density at radius 2 is 2.36 bits per heavy atom. The van der Waals surface area contributed by atoms with E-state index in [4.69, 9.17) is 12.2 Å². The summed E-state index contributed by atoms with van der Waals surface area (Å²) in [6.45, 7) is 2.17. The lowest BCUT2D eigenvalue weighted by Gasteiger charge is -2.14. The zero-order valence-corrected chi connectivity index (χ0v) is 9.32. The summed E-state index contributed by atoms with van der Waals surface area (Å²) in [4.78, 5) is 23.1. The van der Waals surface area contributed by atoms with Crippen molar-refractivity contribution < 1.29 is 14.7 Å². The number of aliphatic carboxylic acids is 1. The van der Waals surface area contributed by atoms with Crippen LogP contribution in [0.25, 0.3) is 0 Å². The van der Waals surface area contributed by atoms with E-state index in [2.05, 4.69) is 0 Å². The summed E-state index contributed by atoms with van der Waals surface area (Å²) in [7, 11) is 0. The number of thioether (sulfide) groups is 1. The first-order valence-corrected chi connectivity index (χ1v) is 5.53. The molecular formula is C8H10NO3S2-. The zero-order valence-electron chi connectivity index (χ0n) is 7.69. The van der Waals surface area contributed by atoms with Crippen molar-refractivity contribution in [3.8, 4) is 0 Å². The lowest BCUT2D eigenvalue weighted by molar-refractivity contribution is -0.305. The Balaban J connectivity index is 2.41. The first kappa shape index (κ1) is 11.5. The Bertz CT molecular complexity index is 280. The van der Waals surface area contributed by atoms with Crippen LogP contribution in [0.5, 0.6) is 0 Å². The molecule has 0 saturated carbocycles. The van der Waals surface area contributed by atoms with E-state index >= 15 is 0 Å². The van der Waals surface area contributed by atoms with Crippen molar-refractivity contribution in [1.82, 2.24) is 4.90 Å². The molecule has 1 rings (SSSR count). The van der Waals surface area contributed by atoms with Gasteiger partial charge < -0.3 is 9.90 Å². The van der Waals surface area contributed by atoms with Gasteiger partial charge >= 0.3 is 0 Å². The van der Waals surface area contributed by atoms with Crippen molar-refractivity contribution >= 4 is 40.2 Å². The highest BCUT2D eigenvalue weighted by Gasteiger charge is 2.32. The van der Waals surface area contributed by atoms with Crippen molar-refractivity contribution in [3.63, 3.8) is 0 Å². The second-order valence-electron chi connectivity index (χ2n) is 2.99. The van der Waals surface area contributed by atoms with Crippen LogP contribution in [0.2, 0.25) is 0 Å². The van der Waals surface area contributed by atoms with Crippen LogP contribution in [0.3, 0.4) is 0 Å². The second kappa shape index (κ2) is 4.75. The van der Waals surface area contributed by atoms with E-state index in [1.165, 1.54) is 16.7 Å². The minimum absolute atomic E-state index is 0.0293. The molecule has 78 valence electrons. The molecule has 0 unspecified atom stereocenters. The Hall–Kier alpha value is -0.620. The molecular weight excluding hydrogens is 222 g/mol. The zero-order chi connectivity index (χ0) is 10.7. The van der Waals surface area contributed by atoms with Crippen LogP contribution in [-0.2, 0) is 9.59 Å². The molecule has 4 nitrogen and oxygen atoms in total. The second-order valence-corrected chi connectivity index (χ2v) is 4.97. The Labute approximate surface area is 91.6 Å². The third-order valence-electron chi connectivity index (χ3n) is 1.87. The summed E-state index contributed by atoms with van der Waals surface area (Å²) in [5.74, 6) is -1.12. The lowest BCUT2D eigenvalue weighted by Crippen LogP contribution is -2.32. The quantitative estimate of drug-likeness (QED) is 0.626. The topological polar surface area (TPSA) is 60.4 Å². The minimum Gasteiger partial charge on any atom is -0.550 e. The fourth-order valence-electron chi connectivity index (χ4n) is 1.16. The van der Waals surface area contributed by atoms with Gasteiger partial charge in [-0.15, -0.1) is 0 Å². The van der Waals surface area contributed by atoms with Gasteiger partial charge in [0.05, 0.1) is 5.25 Å². The van der Waals surface area contributed by atoms with Gasteiger partial charge in [0.1, 0.15) is 4.32 Å². The molecule has 6 heteroatoms. The summed E-state index contributed by atoms with van der Waals surface area (Å²) in [5, 5.41) is 10.0. The van der Waals surface area contributed by atoms with E-state index in [0.717, 1.165) is 0 Å². The maximum absolute atomic E-state index is 11.4. The molecule has 0 spiro atoms. The largest absolute Gasteiger partial charge is 0.550 e. The number of carboxylic acids is 1. The molecule has 1 aliphatic heterocycles. The molecule has 1 atom stereocenters. The summed E-state index contributed by atoms with van der Waals surface area (Å²) in [6.07, 6.45) is 0.354. The SMILES string of the molecule is C[C@@H]1SC(=S)N(CCCC(=O)[O-])C1=O. The van der Waals surface area contributed by atoms with Crippen LogP contribution in [0.15, 0.2) is 0 Å². The van der Waals surface area contributed by atoms with Crippen molar-refractivity contribution in [3.05, 3.63) is 0 Å². The molecule has 1 aliphatic rings. The van der Waals surface area contributed by atoms with E-state index in [9.17, 15) is 14.7 Å². The monoisotopic (exact) mass is 232 g/mol. The Morgan fingerprint density at radius 1 is 1.71 bits per heavy atom.